The number of aliphatic carboxylic acids is 1. The molecule has 1 unspecified atom stereocenters. The maximum absolute atomic E-state index is 13.4. The van der Waals surface area contributed by atoms with E-state index >= 15 is 0 Å². The molecule has 0 radical (unpaired) electrons. The average molecular weight is 474 g/mol. The lowest BCUT2D eigenvalue weighted by atomic mass is 9.90. The van der Waals surface area contributed by atoms with Crippen molar-refractivity contribution < 1.29 is 24.2 Å². The molecule has 0 saturated heterocycles. The van der Waals surface area contributed by atoms with Crippen molar-refractivity contribution in [3.05, 3.63) is 89.5 Å². The van der Waals surface area contributed by atoms with Crippen LogP contribution >= 0.6 is 0 Å². The molecule has 6 heteroatoms. The van der Waals surface area contributed by atoms with Gasteiger partial charge in [0.1, 0.15) is 12.4 Å². The summed E-state index contributed by atoms with van der Waals surface area (Å²) in [5.74, 6) is -0.577. The van der Waals surface area contributed by atoms with Crippen LogP contribution in [-0.2, 0) is 15.1 Å². The lowest BCUT2D eigenvalue weighted by molar-refractivity contribution is -0.150. The molecule has 1 aliphatic carbocycles. The summed E-state index contributed by atoms with van der Waals surface area (Å²) in [4.78, 5) is 27.3. The van der Waals surface area contributed by atoms with Crippen LogP contribution in [-0.4, -0.2) is 41.8 Å². The fourth-order valence-corrected chi connectivity index (χ4v) is 4.83. The Balaban J connectivity index is 1.60. The highest BCUT2D eigenvalue weighted by atomic mass is 16.6. The van der Waals surface area contributed by atoms with E-state index in [0.29, 0.717) is 24.3 Å². The lowest BCUT2D eigenvalue weighted by Gasteiger charge is -2.37. The second kappa shape index (κ2) is 10.2. The first-order valence-corrected chi connectivity index (χ1v) is 12.0. The first-order valence-electron chi connectivity index (χ1n) is 12.0. The van der Waals surface area contributed by atoms with Crippen molar-refractivity contribution >= 4 is 12.1 Å². The van der Waals surface area contributed by atoms with Crippen LogP contribution in [0.2, 0.25) is 0 Å². The molecule has 6 nitrogen and oxygen atoms in total. The molecule has 0 fully saturated rings. The molecule has 3 aromatic rings. The molecular formula is C29H31NO5. The van der Waals surface area contributed by atoms with Gasteiger partial charge in [-0.15, -0.1) is 0 Å². The Morgan fingerprint density at radius 3 is 2.00 bits per heavy atom. The SMILES string of the molecule is CCCN(C(=O)OCC1c2ccccc2-c2ccccc21)C(C)(C(=O)O)c1ccc(OCC)cc1. The lowest BCUT2D eigenvalue weighted by Crippen LogP contribution is -2.53. The number of amides is 1. The molecule has 0 aromatic heterocycles. The number of nitrogens with zero attached hydrogens (tertiary/aromatic N) is 1. The van der Waals surface area contributed by atoms with Crippen LogP contribution in [0.5, 0.6) is 5.75 Å². The molecule has 0 spiro atoms. The monoisotopic (exact) mass is 473 g/mol. The van der Waals surface area contributed by atoms with E-state index in [1.165, 1.54) is 4.90 Å². The Bertz CT molecular complexity index is 1160. The molecule has 35 heavy (non-hydrogen) atoms. The summed E-state index contributed by atoms with van der Waals surface area (Å²) in [7, 11) is 0. The second-order valence-corrected chi connectivity index (χ2v) is 8.79. The standard InChI is InChI=1S/C29H31NO5/c1-4-18-30(29(3,27(31)32)20-14-16-21(17-15-20)34-5-2)28(33)35-19-26-24-12-8-6-10-22(24)23-11-7-9-13-25(23)26/h6-17,26H,4-5,18-19H2,1-3H3,(H,31,32). The predicted octanol–water partition coefficient (Wildman–Crippen LogP) is 6.05. The van der Waals surface area contributed by atoms with Gasteiger partial charge in [0, 0.05) is 12.5 Å². The zero-order chi connectivity index (χ0) is 25.0. The van der Waals surface area contributed by atoms with Crippen molar-refractivity contribution in [2.45, 2.75) is 38.6 Å². The zero-order valence-corrected chi connectivity index (χ0v) is 20.4. The van der Waals surface area contributed by atoms with Gasteiger partial charge < -0.3 is 14.6 Å². The maximum Gasteiger partial charge on any atom is 0.411 e. The third-order valence-corrected chi connectivity index (χ3v) is 6.69. The van der Waals surface area contributed by atoms with Gasteiger partial charge in [-0.05, 0) is 60.2 Å². The summed E-state index contributed by atoms with van der Waals surface area (Å²) >= 11 is 0. The molecule has 4 rings (SSSR count). The van der Waals surface area contributed by atoms with Crippen molar-refractivity contribution in [3.63, 3.8) is 0 Å². The number of carbonyl (C=O) groups is 2. The number of fused-ring (bicyclic) bond motifs is 3. The first kappa shape index (κ1) is 24.3. The highest BCUT2D eigenvalue weighted by Crippen LogP contribution is 2.44. The maximum atomic E-state index is 13.4. The first-order chi connectivity index (χ1) is 16.9. The van der Waals surface area contributed by atoms with E-state index in [0.717, 1.165) is 22.3 Å². The number of benzene rings is 3. The quantitative estimate of drug-likeness (QED) is 0.410. The molecule has 1 N–H and O–H groups in total. The van der Waals surface area contributed by atoms with Crippen LogP contribution in [0, 0.1) is 0 Å². The van der Waals surface area contributed by atoms with E-state index in [1.54, 1.807) is 31.2 Å². The third kappa shape index (κ3) is 4.48. The van der Waals surface area contributed by atoms with Crippen molar-refractivity contribution in [2.75, 3.05) is 19.8 Å². The fourth-order valence-electron chi connectivity index (χ4n) is 4.83. The summed E-state index contributed by atoms with van der Waals surface area (Å²) in [6.07, 6.45) is -0.0584. The number of hydrogen-bond acceptors (Lipinski definition) is 4. The van der Waals surface area contributed by atoms with Gasteiger partial charge in [-0.3, -0.25) is 4.90 Å². The van der Waals surface area contributed by atoms with E-state index < -0.39 is 17.6 Å². The summed E-state index contributed by atoms with van der Waals surface area (Å²) in [5.41, 5.74) is 3.38. The van der Waals surface area contributed by atoms with Crippen molar-refractivity contribution in [1.29, 1.82) is 0 Å². The van der Waals surface area contributed by atoms with Crippen LogP contribution in [0.4, 0.5) is 4.79 Å². The molecule has 182 valence electrons. The van der Waals surface area contributed by atoms with Crippen molar-refractivity contribution in [1.82, 2.24) is 4.90 Å². The minimum absolute atomic E-state index is 0.101. The number of ether oxygens (including phenoxy) is 2. The highest BCUT2D eigenvalue weighted by Gasteiger charge is 2.45. The Morgan fingerprint density at radius 2 is 1.49 bits per heavy atom. The molecule has 1 atom stereocenters. The van der Waals surface area contributed by atoms with E-state index in [-0.39, 0.29) is 19.1 Å². The number of carbonyl (C=O) groups excluding carboxylic acids is 1. The Kier molecular flexibility index (Phi) is 7.10. The fraction of sp³-hybridized carbons (Fsp3) is 0.310. The Labute approximate surface area is 206 Å². The highest BCUT2D eigenvalue weighted by molar-refractivity contribution is 5.86. The second-order valence-electron chi connectivity index (χ2n) is 8.79. The van der Waals surface area contributed by atoms with Gasteiger partial charge in [0.15, 0.2) is 5.54 Å². The number of carboxylic acid groups (broad SMARTS) is 1. The minimum atomic E-state index is -1.59. The Morgan fingerprint density at radius 1 is 0.914 bits per heavy atom. The summed E-state index contributed by atoms with van der Waals surface area (Å²) in [6.45, 7) is 6.22. The summed E-state index contributed by atoms with van der Waals surface area (Å²) in [5, 5.41) is 10.3. The van der Waals surface area contributed by atoms with Crippen LogP contribution in [0.3, 0.4) is 0 Å². The predicted molar refractivity (Wildman–Crippen MR) is 135 cm³/mol. The van der Waals surface area contributed by atoms with Gasteiger partial charge in [0.05, 0.1) is 6.61 Å². The van der Waals surface area contributed by atoms with E-state index in [1.807, 2.05) is 38.1 Å². The Hall–Kier alpha value is -3.80. The van der Waals surface area contributed by atoms with Gasteiger partial charge in [-0.25, -0.2) is 9.59 Å². The topological polar surface area (TPSA) is 76.1 Å². The number of rotatable bonds is 9. The van der Waals surface area contributed by atoms with Crippen LogP contribution in [0.25, 0.3) is 11.1 Å². The molecule has 1 amide bonds. The van der Waals surface area contributed by atoms with Gasteiger partial charge in [0.25, 0.3) is 0 Å². The molecule has 0 bridgehead atoms. The van der Waals surface area contributed by atoms with Crippen molar-refractivity contribution in [3.8, 4) is 16.9 Å². The van der Waals surface area contributed by atoms with E-state index in [4.69, 9.17) is 9.47 Å². The summed E-state index contributed by atoms with van der Waals surface area (Å²) < 4.78 is 11.3. The van der Waals surface area contributed by atoms with Crippen LogP contribution in [0.15, 0.2) is 72.8 Å². The smallest absolute Gasteiger partial charge is 0.411 e. The van der Waals surface area contributed by atoms with Crippen LogP contribution in [0.1, 0.15) is 49.8 Å². The zero-order valence-electron chi connectivity index (χ0n) is 20.4. The molecule has 3 aromatic carbocycles. The van der Waals surface area contributed by atoms with Gasteiger partial charge in [-0.1, -0.05) is 67.6 Å². The van der Waals surface area contributed by atoms with Crippen molar-refractivity contribution in [2.24, 2.45) is 0 Å². The van der Waals surface area contributed by atoms with E-state index in [9.17, 15) is 14.7 Å². The molecule has 0 heterocycles. The molecule has 0 aliphatic heterocycles. The van der Waals surface area contributed by atoms with E-state index in [2.05, 4.69) is 24.3 Å². The van der Waals surface area contributed by atoms with Crippen LogP contribution < -0.4 is 4.74 Å². The molecular weight excluding hydrogens is 442 g/mol. The molecule has 1 aliphatic rings. The largest absolute Gasteiger partial charge is 0.494 e. The normalized spacial score (nSPS) is 13.9. The number of hydrogen-bond donors (Lipinski definition) is 1. The summed E-state index contributed by atoms with van der Waals surface area (Å²) in [6, 6.07) is 23.1. The number of carboxylic acids is 1. The average Bonchev–Trinajstić information content (AvgIpc) is 3.19. The van der Waals surface area contributed by atoms with Gasteiger partial charge >= 0.3 is 12.1 Å². The third-order valence-electron chi connectivity index (χ3n) is 6.69. The van der Waals surface area contributed by atoms with Gasteiger partial charge in [-0.2, -0.15) is 0 Å². The minimum Gasteiger partial charge on any atom is -0.494 e. The van der Waals surface area contributed by atoms with Gasteiger partial charge in [0.2, 0.25) is 0 Å². The molecule has 0 saturated carbocycles.